The number of hydrogen-bond acceptors (Lipinski definition) is 5. The van der Waals surface area contributed by atoms with Crippen molar-refractivity contribution >= 4 is 15.8 Å². The van der Waals surface area contributed by atoms with Gasteiger partial charge in [0.2, 0.25) is 16.8 Å². The number of sulfonamides is 1. The number of halogens is 3. The number of ketones is 1. The second kappa shape index (κ2) is 8.10. The predicted molar refractivity (Wildman–Crippen MR) is 125 cm³/mol. The summed E-state index contributed by atoms with van der Waals surface area (Å²) in [7, 11) is -3.94. The van der Waals surface area contributed by atoms with Crippen molar-refractivity contribution in [2.24, 2.45) is 5.14 Å². The molecule has 186 valence electrons. The molecule has 1 fully saturated rings. The van der Waals surface area contributed by atoms with E-state index in [2.05, 4.69) is 0 Å². The molecule has 6 nitrogen and oxygen atoms in total. The molecule has 0 unspecified atom stereocenters. The van der Waals surface area contributed by atoms with Crippen LogP contribution in [0.15, 0.2) is 65.6 Å². The minimum Gasteiger partial charge on any atom is -0.454 e. The SMILES string of the molecule is NS(=O)(=O)c1ccc(-c2cc(CC(=O)C3(c4ccc5c(c4)OCO5)CC3)cc(C(F)(F)F)c2)cc1.[HH].[HH]. The van der Waals surface area contributed by atoms with E-state index in [-0.39, 0.29) is 37.9 Å². The minimum absolute atomic E-state index is 0. The van der Waals surface area contributed by atoms with Gasteiger partial charge in [0, 0.05) is 9.27 Å². The first-order valence-electron chi connectivity index (χ1n) is 10.7. The number of carbonyl (C=O) groups excluding carboxylic acids is 1. The molecule has 0 saturated heterocycles. The summed E-state index contributed by atoms with van der Waals surface area (Å²) in [6, 6.07) is 14.0. The van der Waals surface area contributed by atoms with Crippen LogP contribution < -0.4 is 14.6 Å². The number of alkyl halides is 3. The smallest absolute Gasteiger partial charge is 0.416 e. The molecule has 3 aromatic rings. The Bertz CT molecular complexity index is 1440. The fourth-order valence-electron chi connectivity index (χ4n) is 4.36. The molecular weight excluding hydrogens is 483 g/mol. The van der Waals surface area contributed by atoms with Crippen molar-refractivity contribution in [1.29, 1.82) is 0 Å². The molecule has 2 aliphatic rings. The van der Waals surface area contributed by atoms with Crippen molar-refractivity contribution in [3.63, 3.8) is 0 Å². The molecule has 35 heavy (non-hydrogen) atoms. The van der Waals surface area contributed by atoms with Crippen molar-refractivity contribution in [3.8, 4) is 22.6 Å². The van der Waals surface area contributed by atoms with Crippen molar-refractivity contribution < 1.29 is 38.7 Å². The topological polar surface area (TPSA) is 95.7 Å². The maximum atomic E-state index is 13.7. The highest BCUT2D eigenvalue weighted by atomic mass is 32.2. The Kier molecular flexibility index (Phi) is 5.41. The number of benzene rings is 3. The van der Waals surface area contributed by atoms with Crippen LogP contribution in [0.1, 0.15) is 32.4 Å². The molecular formula is C25H24F3NO5S. The Morgan fingerprint density at radius 1 is 0.943 bits per heavy atom. The Balaban J connectivity index is 0.00000190. The van der Waals surface area contributed by atoms with E-state index >= 15 is 0 Å². The summed E-state index contributed by atoms with van der Waals surface area (Å²) >= 11 is 0. The first-order chi connectivity index (χ1) is 16.5. The van der Waals surface area contributed by atoms with Crippen LogP contribution in [0.4, 0.5) is 13.2 Å². The second-order valence-electron chi connectivity index (χ2n) is 8.74. The number of fused-ring (bicyclic) bond motifs is 1. The van der Waals surface area contributed by atoms with Crippen LogP contribution in [0.2, 0.25) is 0 Å². The summed E-state index contributed by atoms with van der Waals surface area (Å²) in [5.41, 5.74) is -0.0706. The van der Waals surface area contributed by atoms with Gasteiger partial charge in [0.25, 0.3) is 0 Å². The molecule has 0 bridgehead atoms. The zero-order valence-corrected chi connectivity index (χ0v) is 19.1. The fraction of sp³-hybridized carbons (Fsp3) is 0.240. The third-order valence-electron chi connectivity index (χ3n) is 6.41. The van der Waals surface area contributed by atoms with Gasteiger partial charge in [-0.15, -0.1) is 0 Å². The van der Waals surface area contributed by atoms with Gasteiger partial charge in [-0.3, -0.25) is 4.79 Å². The lowest BCUT2D eigenvalue weighted by Gasteiger charge is -2.17. The van der Waals surface area contributed by atoms with Gasteiger partial charge in [-0.1, -0.05) is 24.3 Å². The Morgan fingerprint density at radius 2 is 1.63 bits per heavy atom. The second-order valence-corrected chi connectivity index (χ2v) is 10.3. The normalized spacial score (nSPS) is 16.2. The van der Waals surface area contributed by atoms with Crippen LogP contribution in [0.25, 0.3) is 11.1 Å². The summed E-state index contributed by atoms with van der Waals surface area (Å²) in [6.07, 6.45) is -3.60. The molecule has 2 N–H and O–H groups in total. The first kappa shape index (κ1) is 23.4. The minimum atomic E-state index is -4.62. The maximum Gasteiger partial charge on any atom is 0.416 e. The summed E-state index contributed by atoms with van der Waals surface area (Å²) in [6.45, 7) is 0.102. The van der Waals surface area contributed by atoms with Crippen LogP contribution in [0.3, 0.4) is 0 Å². The zero-order chi connectivity index (χ0) is 25.0. The molecule has 1 saturated carbocycles. The molecule has 1 aliphatic heterocycles. The molecule has 0 spiro atoms. The Labute approximate surface area is 202 Å². The van der Waals surface area contributed by atoms with Gasteiger partial charge in [-0.05, 0) is 71.5 Å². The van der Waals surface area contributed by atoms with Crippen molar-refractivity contribution in [1.82, 2.24) is 0 Å². The first-order valence-corrected chi connectivity index (χ1v) is 12.3. The van der Waals surface area contributed by atoms with E-state index in [9.17, 15) is 26.4 Å². The molecule has 10 heteroatoms. The number of ether oxygens (including phenoxy) is 2. The predicted octanol–water partition coefficient (Wildman–Crippen LogP) is 5.08. The van der Waals surface area contributed by atoms with E-state index < -0.39 is 27.2 Å². The van der Waals surface area contributed by atoms with E-state index in [1.165, 1.54) is 30.3 Å². The number of primary sulfonamides is 1. The monoisotopic (exact) mass is 507 g/mol. The van der Waals surface area contributed by atoms with E-state index in [0.717, 1.165) is 17.7 Å². The van der Waals surface area contributed by atoms with Gasteiger partial charge in [0.1, 0.15) is 5.78 Å². The highest BCUT2D eigenvalue weighted by Crippen LogP contribution is 2.51. The molecule has 0 radical (unpaired) electrons. The van der Waals surface area contributed by atoms with Gasteiger partial charge in [-0.25, -0.2) is 13.6 Å². The fourth-order valence-corrected chi connectivity index (χ4v) is 4.88. The number of rotatable bonds is 6. The van der Waals surface area contributed by atoms with Crippen LogP contribution in [-0.4, -0.2) is 21.0 Å². The van der Waals surface area contributed by atoms with E-state index in [1.54, 1.807) is 18.2 Å². The van der Waals surface area contributed by atoms with Crippen molar-refractivity contribution in [2.45, 2.75) is 35.7 Å². The molecule has 3 aromatic carbocycles. The van der Waals surface area contributed by atoms with Crippen LogP contribution in [0.5, 0.6) is 11.5 Å². The van der Waals surface area contributed by atoms with Crippen molar-refractivity contribution in [2.75, 3.05) is 6.79 Å². The van der Waals surface area contributed by atoms with E-state index in [0.29, 0.717) is 29.9 Å². The largest absolute Gasteiger partial charge is 0.454 e. The Hall–Kier alpha value is -3.37. The summed E-state index contributed by atoms with van der Waals surface area (Å²) in [4.78, 5) is 13.2. The van der Waals surface area contributed by atoms with Crippen molar-refractivity contribution in [3.05, 3.63) is 77.4 Å². The highest BCUT2D eigenvalue weighted by Gasteiger charge is 2.51. The van der Waals surface area contributed by atoms with Gasteiger partial charge < -0.3 is 9.47 Å². The lowest BCUT2D eigenvalue weighted by Crippen LogP contribution is -2.22. The van der Waals surface area contributed by atoms with Crippen LogP contribution >= 0.6 is 0 Å². The number of nitrogens with two attached hydrogens (primary N) is 1. The van der Waals surface area contributed by atoms with E-state index in [4.69, 9.17) is 14.6 Å². The van der Waals surface area contributed by atoms with Gasteiger partial charge in [-0.2, -0.15) is 13.2 Å². The highest BCUT2D eigenvalue weighted by molar-refractivity contribution is 7.89. The van der Waals surface area contributed by atoms with Crippen LogP contribution in [-0.2, 0) is 32.8 Å². The van der Waals surface area contributed by atoms with Crippen LogP contribution in [0, 0.1) is 0 Å². The molecule has 0 aromatic heterocycles. The number of hydrogen-bond donors (Lipinski definition) is 1. The quantitative estimate of drug-likeness (QED) is 0.502. The standard InChI is InChI=1S/C25H20F3NO5S.2H2/c26-25(27,28)19-10-15(9-17(12-19)16-1-4-20(5-2-16)35(29,31)32)11-23(30)24(7-8-24)18-3-6-21-22(13-18)34-14-33-21;;/h1-6,9-10,12-13H,7-8,11,14H2,(H2,29,31,32);2*1H. The maximum absolute atomic E-state index is 13.7. The average Bonchev–Trinajstić information content (AvgIpc) is 3.49. The third kappa shape index (κ3) is 4.51. The molecule has 0 amide bonds. The van der Waals surface area contributed by atoms with Gasteiger partial charge in [0.05, 0.1) is 15.9 Å². The molecule has 1 aliphatic carbocycles. The molecule has 0 atom stereocenters. The zero-order valence-electron chi connectivity index (χ0n) is 18.3. The van der Waals surface area contributed by atoms with Gasteiger partial charge in [0.15, 0.2) is 11.5 Å². The lowest BCUT2D eigenvalue weighted by atomic mass is 9.87. The van der Waals surface area contributed by atoms with E-state index in [1.807, 2.05) is 0 Å². The number of Topliss-reactive ketones (excluding diaryl/α,β-unsaturated/α-hetero) is 1. The summed E-state index contributed by atoms with van der Waals surface area (Å²) in [5, 5.41) is 5.10. The Morgan fingerprint density at radius 3 is 2.26 bits per heavy atom. The van der Waals surface area contributed by atoms with Gasteiger partial charge >= 0.3 is 6.18 Å². The molecule has 5 rings (SSSR count). The molecule has 1 heterocycles. The summed E-state index contributed by atoms with van der Waals surface area (Å²) < 4.78 is 74.7. The number of carbonyl (C=O) groups is 1. The third-order valence-corrected chi connectivity index (χ3v) is 7.34. The average molecular weight is 508 g/mol. The lowest BCUT2D eigenvalue weighted by molar-refractivity contribution is -0.137. The summed E-state index contributed by atoms with van der Waals surface area (Å²) in [5.74, 6) is 0.963.